The number of hydrogen-bond acceptors (Lipinski definition) is 3. The van der Waals surface area contributed by atoms with E-state index in [1.54, 1.807) is 6.92 Å². The van der Waals surface area contributed by atoms with Gasteiger partial charge in [-0.3, -0.25) is 14.3 Å². The Hall–Kier alpha value is -2.35. The number of Topliss-reactive ketones (excluding diaryl/α,β-unsaturated/α-hetero) is 1. The Bertz CT molecular complexity index is 800. The smallest absolute Gasteiger partial charge is 0.324 e. The molecule has 1 aromatic carbocycles. The summed E-state index contributed by atoms with van der Waals surface area (Å²) >= 11 is 5.52. The molecule has 0 aliphatic heterocycles. The molecule has 24 heavy (non-hydrogen) atoms. The molecule has 128 valence electrons. The van der Waals surface area contributed by atoms with Crippen LogP contribution >= 0.6 is 11.6 Å². The Morgan fingerprint density at radius 1 is 1.33 bits per heavy atom. The van der Waals surface area contributed by atoms with E-state index < -0.39 is 22.7 Å². The van der Waals surface area contributed by atoms with E-state index in [-0.39, 0.29) is 18.0 Å². The van der Waals surface area contributed by atoms with E-state index in [0.717, 1.165) is 12.1 Å². The average Bonchev–Trinajstić information content (AvgIpc) is 2.80. The molecule has 0 aliphatic carbocycles. The van der Waals surface area contributed by atoms with E-state index in [1.165, 1.54) is 23.9 Å². The minimum absolute atomic E-state index is 0.0348. The molecule has 0 bridgehead atoms. The number of amides is 1. The maximum atomic E-state index is 12.8. The maximum absolute atomic E-state index is 12.8. The molecule has 0 saturated carbocycles. The van der Waals surface area contributed by atoms with Crippen LogP contribution < -0.4 is 5.32 Å². The molecule has 1 aromatic heterocycles. The van der Waals surface area contributed by atoms with Crippen LogP contribution in [0.2, 0.25) is 5.02 Å². The SMILES string of the molecule is CC(=O)c1cn(CC(=O)Nc2ccc(Cl)c(C(F)(F)F)c2)nc1C. The molecule has 1 heterocycles. The molecule has 2 aromatic rings. The summed E-state index contributed by atoms with van der Waals surface area (Å²) in [5.74, 6) is -0.769. The van der Waals surface area contributed by atoms with E-state index in [1.807, 2.05) is 0 Å². The lowest BCUT2D eigenvalue weighted by atomic mass is 10.2. The fourth-order valence-electron chi connectivity index (χ4n) is 2.11. The summed E-state index contributed by atoms with van der Waals surface area (Å²) in [6, 6.07) is 3.09. The fraction of sp³-hybridized carbons (Fsp3) is 0.267. The van der Waals surface area contributed by atoms with Gasteiger partial charge in [-0.05, 0) is 32.0 Å². The van der Waals surface area contributed by atoms with E-state index in [2.05, 4.69) is 10.4 Å². The first-order valence-corrected chi connectivity index (χ1v) is 7.17. The number of ketones is 1. The summed E-state index contributed by atoms with van der Waals surface area (Å²) in [4.78, 5) is 23.3. The molecule has 0 atom stereocenters. The topological polar surface area (TPSA) is 64.0 Å². The number of nitrogens with zero attached hydrogens (tertiary/aromatic N) is 2. The van der Waals surface area contributed by atoms with Crippen LogP contribution in [0.4, 0.5) is 18.9 Å². The summed E-state index contributed by atoms with van der Waals surface area (Å²) in [6.45, 7) is 2.76. The third-order valence-electron chi connectivity index (χ3n) is 3.19. The molecule has 0 saturated heterocycles. The van der Waals surface area contributed by atoms with Crippen molar-refractivity contribution in [1.29, 1.82) is 0 Å². The van der Waals surface area contributed by atoms with Crippen molar-refractivity contribution in [2.24, 2.45) is 0 Å². The second-order valence-electron chi connectivity index (χ2n) is 5.12. The fourth-order valence-corrected chi connectivity index (χ4v) is 2.34. The number of hydrogen-bond donors (Lipinski definition) is 1. The van der Waals surface area contributed by atoms with Crippen LogP contribution in [0.15, 0.2) is 24.4 Å². The number of aryl methyl sites for hydroxylation is 1. The molecule has 9 heteroatoms. The van der Waals surface area contributed by atoms with Crippen molar-refractivity contribution >= 4 is 29.0 Å². The number of alkyl halides is 3. The van der Waals surface area contributed by atoms with Gasteiger partial charge in [-0.15, -0.1) is 0 Å². The molecule has 5 nitrogen and oxygen atoms in total. The van der Waals surface area contributed by atoms with E-state index >= 15 is 0 Å². The minimum atomic E-state index is -4.62. The van der Waals surface area contributed by atoms with Gasteiger partial charge >= 0.3 is 6.18 Å². The molecular weight excluding hydrogens is 347 g/mol. The van der Waals surface area contributed by atoms with E-state index in [9.17, 15) is 22.8 Å². The highest BCUT2D eigenvalue weighted by molar-refractivity contribution is 6.31. The first kappa shape index (κ1) is 18.0. The Morgan fingerprint density at radius 3 is 2.54 bits per heavy atom. The van der Waals surface area contributed by atoms with Gasteiger partial charge in [-0.1, -0.05) is 11.6 Å². The second kappa shape index (κ2) is 6.64. The first-order chi connectivity index (χ1) is 11.1. The van der Waals surface area contributed by atoms with Crippen LogP contribution in [-0.4, -0.2) is 21.5 Å². The number of benzene rings is 1. The summed E-state index contributed by atoms with van der Waals surface area (Å²) in [5, 5.41) is 5.91. The van der Waals surface area contributed by atoms with Gasteiger partial charge in [0, 0.05) is 11.9 Å². The number of carbonyl (C=O) groups is 2. The lowest BCUT2D eigenvalue weighted by Crippen LogP contribution is -2.19. The second-order valence-corrected chi connectivity index (χ2v) is 5.53. The lowest BCUT2D eigenvalue weighted by Gasteiger charge is -2.11. The van der Waals surface area contributed by atoms with Gasteiger partial charge in [-0.2, -0.15) is 18.3 Å². The number of aromatic nitrogens is 2. The molecule has 1 N–H and O–H groups in total. The van der Waals surface area contributed by atoms with Gasteiger partial charge in [0.2, 0.25) is 5.91 Å². The summed E-state index contributed by atoms with van der Waals surface area (Å²) in [6.07, 6.45) is -3.20. The van der Waals surface area contributed by atoms with Crippen molar-refractivity contribution in [3.63, 3.8) is 0 Å². The minimum Gasteiger partial charge on any atom is -0.324 e. The zero-order valence-electron chi connectivity index (χ0n) is 12.7. The van der Waals surface area contributed by atoms with E-state index in [0.29, 0.717) is 11.3 Å². The third-order valence-corrected chi connectivity index (χ3v) is 3.52. The molecule has 2 rings (SSSR count). The predicted molar refractivity (Wildman–Crippen MR) is 82.1 cm³/mol. The zero-order chi connectivity index (χ0) is 18.1. The van der Waals surface area contributed by atoms with Gasteiger partial charge in [0.05, 0.1) is 21.8 Å². The highest BCUT2D eigenvalue weighted by Crippen LogP contribution is 2.36. The normalized spacial score (nSPS) is 11.4. The number of rotatable bonds is 4. The highest BCUT2D eigenvalue weighted by Gasteiger charge is 2.33. The van der Waals surface area contributed by atoms with Crippen LogP contribution in [0.25, 0.3) is 0 Å². The monoisotopic (exact) mass is 359 g/mol. The quantitative estimate of drug-likeness (QED) is 0.846. The Morgan fingerprint density at radius 2 is 2.00 bits per heavy atom. The van der Waals surface area contributed by atoms with Crippen LogP contribution in [0, 0.1) is 6.92 Å². The van der Waals surface area contributed by atoms with Crippen molar-refractivity contribution < 1.29 is 22.8 Å². The molecule has 0 fully saturated rings. The Labute approximate surface area is 140 Å². The zero-order valence-corrected chi connectivity index (χ0v) is 13.5. The molecule has 0 spiro atoms. The standard InChI is InChI=1S/C15H13ClF3N3O2/c1-8-11(9(2)23)6-22(21-8)7-14(24)20-10-3-4-13(16)12(5-10)15(17,18)19/h3-6H,7H2,1-2H3,(H,20,24). The van der Waals surface area contributed by atoms with Gasteiger partial charge < -0.3 is 5.32 Å². The van der Waals surface area contributed by atoms with Crippen LogP contribution in [0.1, 0.15) is 28.5 Å². The number of halogens is 4. The van der Waals surface area contributed by atoms with Gasteiger partial charge in [0.25, 0.3) is 0 Å². The Balaban J connectivity index is 2.13. The lowest BCUT2D eigenvalue weighted by molar-refractivity contribution is -0.137. The number of anilines is 1. The first-order valence-electron chi connectivity index (χ1n) is 6.79. The van der Waals surface area contributed by atoms with Crippen molar-refractivity contribution in [2.45, 2.75) is 26.6 Å². The molecule has 1 amide bonds. The molecular formula is C15H13ClF3N3O2. The van der Waals surface area contributed by atoms with Gasteiger partial charge in [0.1, 0.15) is 6.54 Å². The number of carbonyl (C=O) groups excluding carboxylic acids is 2. The molecule has 0 unspecified atom stereocenters. The van der Waals surface area contributed by atoms with Crippen molar-refractivity contribution in [1.82, 2.24) is 9.78 Å². The summed E-state index contributed by atoms with van der Waals surface area (Å²) in [5.41, 5.74) is -0.210. The van der Waals surface area contributed by atoms with Crippen molar-refractivity contribution in [3.8, 4) is 0 Å². The third kappa shape index (κ3) is 4.14. The average molecular weight is 360 g/mol. The molecule has 0 radical (unpaired) electrons. The summed E-state index contributed by atoms with van der Waals surface area (Å²) < 4.78 is 39.6. The summed E-state index contributed by atoms with van der Waals surface area (Å²) in [7, 11) is 0. The van der Waals surface area contributed by atoms with Crippen molar-refractivity contribution in [2.75, 3.05) is 5.32 Å². The van der Waals surface area contributed by atoms with Crippen molar-refractivity contribution in [3.05, 3.63) is 46.2 Å². The maximum Gasteiger partial charge on any atom is 0.417 e. The number of nitrogens with one attached hydrogen (secondary N) is 1. The van der Waals surface area contributed by atoms with Crippen LogP contribution in [-0.2, 0) is 17.5 Å². The highest BCUT2D eigenvalue weighted by atomic mass is 35.5. The van der Waals surface area contributed by atoms with Gasteiger partial charge in [0.15, 0.2) is 5.78 Å². The van der Waals surface area contributed by atoms with E-state index in [4.69, 9.17) is 11.6 Å². The van der Waals surface area contributed by atoms with Crippen LogP contribution in [0.5, 0.6) is 0 Å². The Kier molecular flexibility index (Phi) is 4.98. The predicted octanol–water partition coefficient (Wildman–Crippen LogP) is 3.71. The largest absolute Gasteiger partial charge is 0.417 e. The molecule has 0 aliphatic rings. The van der Waals surface area contributed by atoms with Crippen LogP contribution in [0.3, 0.4) is 0 Å². The van der Waals surface area contributed by atoms with Gasteiger partial charge in [-0.25, -0.2) is 0 Å².